The molecule has 3 aromatic rings. The maximum atomic E-state index is 14.1. The molecule has 3 rings (SSSR count). The Balaban J connectivity index is 1.81. The van der Waals surface area contributed by atoms with Gasteiger partial charge in [-0.3, -0.25) is 4.79 Å². The number of carbonyl (C=O) groups excluding carboxylic acids is 1. The standard InChI is InChI=1S/C15H9Cl2FN4O/c16-11-6-9(8-19-14(11)17)15(23)21-10-2-3-13(12(18)7-10)22-5-1-4-20-22/h1-8H,(H,21,23). The Bertz CT molecular complexity index is 868. The molecule has 0 saturated heterocycles. The molecule has 0 saturated carbocycles. The SMILES string of the molecule is O=C(Nc1ccc(-n2cccn2)c(F)c1)c1cnc(Cl)c(Cl)c1. The van der Waals surface area contributed by atoms with Crippen LogP contribution in [0.5, 0.6) is 0 Å². The number of hydrogen-bond donors (Lipinski definition) is 1. The minimum Gasteiger partial charge on any atom is -0.322 e. The number of nitrogens with one attached hydrogen (secondary N) is 1. The lowest BCUT2D eigenvalue weighted by molar-refractivity contribution is 0.102. The van der Waals surface area contributed by atoms with Crippen LogP contribution in [-0.2, 0) is 0 Å². The summed E-state index contributed by atoms with van der Waals surface area (Å²) >= 11 is 11.5. The molecule has 2 aromatic heterocycles. The molecule has 5 nitrogen and oxygen atoms in total. The zero-order valence-corrected chi connectivity index (χ0v) is 13.0. The van der Waals surface area contributed by atoms with Gasteiger partial charge in [-0.1, -0.05) is 23.2 Å². The Hall–Kier alpha value is -2.44. The summed E-state index contributed by atoms with van der Waals surface area (Å²) in [4.78, 5) is 15.9. The van der Waals surface area contributed by atoms with E-state index in [-0.39, 0.29) is 21.4 Å². The van der Waals surface area contributed by atoms with Crippen molar-refractivity contribution in [3.63, 3.8) is 0 Å². The van der Waals surface area contributed by atoms with Gasteiger partial charge in [-0.2, -0.15) is 5.10 Å². The Morgan fingerprint density at radius 1 is 1.26 bits per heavy atom. The molecule has 1 amide bonds. The minimum atomic E-state index is -0.515. The van der Waals surface area contributed by atoms with Gasteiger partial charge in [-0.15, -0.1) is 0 Å². The average Bonchev–Trinajstić information content (AvgIpc) is 3.04. The van der Waals surface area contributed by atoms with Crippen molar-refractivity contribution in [3.8, 4) is 5.69 Å². The first-order valence-electron chi connectivity index (χ1n) is 6.46. The lowest BCUT2D eigenvalue weighted by Crippen LogP contribution is -2.12. The average molecular weight is 351 g/mol. The molecule has 0 radical (unpaired) electrons. The molecule has 0 aliphatic heterocycles. The lowest BCUT2D eigenvalue weighted by Gasteiger charge is -2.08. The highest BCUT2D eigenvalue weighted by molar-refractivity contribution is 6.41. The molecule has 0 aliphatic carbocycles. The van der Waals surface area contributed by atoms with E-state index in [1.165, 1.54) is 29.1 Å². The van der Waals surface area contributed by atoms with E-state index in [1.807, 2.05) is 0 Å². The Kier molecular flexibility index (Phi) is 4.27. The van der Waals surface area contributed by atoms with Crippen LogP contribution in [0, 0.1) is 5.82 Å². The number of benzene rings is 1. The number of pyridine rings is 1. The third kappa shape index (κ3) is 3.33. The summed E-state index contributed by atoms with van der Waals surface area (Å²) in [6, 6.07) is 7.38. The number of nitrogens with zero attached hydrogens (tertiary/aromatic N) is 3. The van der Waals surface area contributed by atoms with Crippen molar-refractivity contribution >= 4 is 34.8 Å². The summed E-state index contributed by atoms with van der Waals surface area (Å²) in [5.74, 6) is -0.985. The summed E-state index contributed by atoms with van der Waals surface area (Å²) < 4.78 is 15.5. The van der Waals surface area contributed by atoms with Crippen LogP contribution in [0.2, 0.25) is 10.2 Å². The fraction of sp³-hybridized carbons (Fsp3) is 0. The predicted octanol–water partition coefficient (Wildman–Crippen LogP) is 3.97. The van der Waals surface area contributed by atoms with Crippen molar-refractivity contribution in [1.29, 1.82) is 0 Å². The predicted molar refractivity (Wildman–Crippen MR) is 85.7 cm³/mol. The fourth-order valence-electron chi connectivity index (χ4n) is 1.93. The second-order valence-electron chi connectivity index (χ2n) is 4.57. The summed E-state index contributed by atoms with van der Waals surface area (Å²) in [6.45, 7) is 0. The van der Waals surface area contributed by atoms with Crippen LogP contribution in [0.1, 0.15) is 10.4 Å². The molecule has 2 heterocycles. The molecule has 1 N–H and O–H groups in total. The Morgan fingerprint density at radius 2 is 2.09 bits per heavy atom. The molecule has 8 heteroatoms. The largest absolute Gasteiger partial charge is 0.322 e. The molecular formula is C15H9Cl2FN4O. The van der Waals surface area contributed by atoms with Crippen LogP contribution in [0.15, 0.2) is 48.9 Å². The van der Waals surface area contributed by atoms with Gasteiger partial charge in [0, 0.05) is 24.3 Å². The monoisotopic (exact) mass is 350 g/mol. The molecule has 0 aliphatic rings. The highest BCUT2D eigenvalue weighted by Gasteiger charge is 2.11. The molecule has 0 bridgehead atoms. The van der Waals surface area contributed by atoms with Gasteiger partial charge in [-0.25, -0.2) is 14.1 Å². The Labute approximate surface area is 140 Å². The number of aromatic nitrogens is 3. The molecule has 0 fully saturated rings. The number of amides is 1. The zero-order chi connectivity index (χ0) is 16.4. The maximum absolute atomic E-state index is 14.1. The van der Waals surface area contributed by atoms with Crippen molar-refractivity contribution in [2.75, 3.05) is 5.32 Å². The molecule has 1 aromatic carbocycles. The van der Waals surface area contributed by atoms with E-state index < -0.39 is 11.7 Å². The van der Waals surface area contributed by atoms with Crippen LogP contribution >= 0.6 is 23.2 Å². The first-order chi connectivity index (χ1) is 11.0. The molecule has 0 spiro atoms. The summed E-state index contributed by atoms with van der Waals surface area (Å²) in [5.41, 5.74) is 0.801. The number of carbonyl (C=O) groups is 1. The highest BCUT2D eigenvalue weighted by Crippen LogP contribution is 2.21. The van der Waals surface area contributed by atoms with Crippen molar-refractivity contribution in [1.82, 2.24) is 14.8 Å². The van der Waals surface area contributed by atoms with E-state index in [0.29, 0.717) is 5.69 Å². The molecule has 23 heavy (non-hydrogen) atoms. The van der Waals surface area contributed by atoms with E-state index in [2.05, 4.69) is 15.4 Å². The van der Waals surface area contributed by atoms with Crippen molar-refractivity contribution in [3.05, 3.63) is 70.5 Å². The third-order valence-corrected chi connectivity index (χ3v) is 3.70. The van der Waals surface area contributed by atoms with Crippen LogP contribution in [-0.4, -0.2) is 20.7 Å². The van der Waals surface area contributed by atoms with E-state index in [0.717, 1.165) is 0 Å². The van der Waals surface area contributed by atoms with Gasteiger partial charge in [-0.05, 0) is 30.3 Å². The lowest BCUT2D eigenvalue weighted by atomic mass is 10.2. The highest BCUT2D eigenvalue weighted by atomic mass is 35.5. The normalized spacial score (nSPS) is 10.6. The maximum Gasteiger partial charge on any atom is 0.257 e. The molecule has 0 unspecified atom stereocenters. The van der Waals surface area contributed by atoms with E-state index in [9.17, 15) is 9.18 Å². The van der Waals surface area contributed by atoms with Crippen molar-refractivity contribution in [2.45, 2.75) is 0 Å². The first kappa shape index (κ1) is 15.5. The number of halogens is 3. The number of anilines is 1. The smallest absolute Gasteiger partial charge is 0.257 e. The van der Waals surface area contributed by atoms with Gasteiger partial charge in [0.15, 0.2) is 5.82 Å². The van der Waals surface area contributed by atoms with E-state index in [1.54, 1.807) is 24.5 Å². The van der Waals surface area contributed by atoms with Gasteiger partial charge < -0.3 is 5.32 Å². The van der Waals surface area contributed by atoms with Crippen LogP contribution in [0.4, 0.5) is 10.1 Å². The van der Waals surface area contributed by atoms with E-state index >= 15 is 0 Å². The Morgan fingerprint density at radius 3 is 2.74 bits per heavy atom. The third-order valence-electron chi connectivity index (χ3n) is 3.02. The summed E-state index contributed by atoms with van der Waals surface area (Å²) in [7, 11) is 0. The second kappa shape index (κ2) is 6.36. The van der Waals surface area contributed by atoms with Gasteiger partial charge in [0.2, 0.25) is 0 Å². The minimum absolute atomic E-state index is 0.109. The van der Waals surface area contributed by atoms with Gasteiger partial charge in [0.25, 0.3) is 5.91 Å². The molecule has 116 valence electrons. The zero-order valence-electron chi connectivity index (χ0n) is 11.5. The first-order valence-corrected chi connectivity index (χ1v) is 7.22. The van der Waals surface area contributed by atoms with Crippen molar-refractivity contribution in [2.24, 2.45) is 0 Å². The van der Waals surface area contributed by atoms with Crippen LogP contribution in [0.3, 0.4) is 0 Å². The van der Waals surface area contributed by atoms with E-state index in [4.69, 9.17) is 23.2 Å². The quantitative estimate of drug-likeness (QED) is 0.727. The van der Waals surface area contributed by atoms with Gasteiger partial charge >= 0.3 is 0 Å². The number of rotatable bonds is 3. The molecule has 0 atom stereocenters. The summed E-state index contributed by atoms with van der Waals surface area (Å²) in [6.07, 6.45) is 4.46. The fourth-order valence-corrected chi connectivity index (χ4v) is 2.20. The van der Waals surface area contributed by atoms with Crippen LogP contribution < -0.4 is 5.32 Å². The number of hydrogen-bond acceptors (Lipinski definition) is 3. The van der Waals surface area contributed by atoms with Gasteiger partial charge in [0.05, 0.1) is 10.6 Å². The second-order valence-corrected chi connectivity index (χ2v) is 5.33. The topological polar surface area (TPSA) is 59.8 Å². The van der Waals surface area contributed by atoms with Crippen molar-refractivity contribution < 1.29 is 9.18 Å². The van der Waals surface area contributed by atoms with Crippen LogP contribution in [0.25, 0.3) is 5.69 Å². The van der Waals surface area contributed by atoms with Gasteiger partial charge in [0.1, 0.15) is 10.8 Å². The molecular weight excluding hydrogens is 342 g/mol. The summed E-state index contributed by atoms with van der Waals surface area (Å²) in [5, 5.41) is 6.80.